The maximum Gasteiger partial charge on any atom is 0.307 e. The maximum absolute atomic E-state index is 12.6. The molecular formula is C15H25NO4S. The van der Waals surface area contributed by atoms with Crippen LogP contribution in [0.15, 0.2) is 0 Å². The Kier molecular flexibility index (Phi) is 3.41. The fourth-order valence-corrected chi connectivity index (χ4v) is 7.67. The zero-order valence-electron chi connectivity index (χ0n) is 13.1. The molecule has 0 unspecified atom stereocenters. The third kappa shape index (κ3) is 1.98. The Bertz CT molecular complexity index is 556. The van der Waals surface area contributed by atoms with Crippen LogP contribution in [0.2, 0.25) is 0 Å². The molecule has 6 heteroatoms. The van der Waals surface area contributed by atoms with E-state index in [0.29, 0.717) is 12.5 Å². The lowest BCUT2D eigenvalue weighted by Gasteiger charge is -2.37. The van der Waals surface area contributed by atoms with Crippen LogP contribution < -0.4 is 0 Å². The second-order valence-corrected chi connectivity index (χ2v) is 9.21. The average Bonchev–Trinajstić information content (AvgIpc) is 2.84. The van der Waals surface area contributed by atoms with Crippen molar-refractivity contribution < 1.29 is 17.9 Å². The van der Waals surface area contributed by atoms with E-state index in [-0.39, 0.29) is 41.6 Å². The third-order valence-corrected chi connectivity index (χ3v) is 8.41. The zero-order chi connectivity index (χ0) is 15.5. The van der Waals surface area contributed by atoms with E-state index in [1.165, 1.54) is 0 Å². The van der Waals surface area contributed by atoms with Gasteiger partial charge in [0.05, 0.1) is 18.8 Å². The van der Waals surface area contributed by atoms with Crippen molar-refractivity contribution in [2.75, 3.05) is 18.9 Å². The molecule has 1 heterocycles. The number of carbonyl (C=O) groups excluding carboxylic acids is 1. The van der Waals surface area contributed by atoms with Crippen molar-refractivity contribution in [3.8, 4) is 0 Å². The van der Waals surface area contributed by atoms with Gasteiger partial charge in [-0.05, 0) is 37.5 Å². The molecule has 0 radical (unpaired) electrons. The first-order chi connectivity index (χ1) is 9.74. The number of rotatable bonds is 4. The van der Waals surface area contributed by atoms with Gasteiger partial charge in [-0.15, -0.1) is 0 Å². The van der Waals surface area contributed by atoms with Crippen LogP contribution in [-0.4, -0.2) is 43.6 Å². The minimum absolute atomic E-state index is 0.0867. The van der Waals surface area contributed by atoms with Crippen LogP contribution in [-0.2, 0) is 19.6 Å². The quantitative estimate of drug-likeness (QED) is 0.742. The van der Waals surface area contributed by atoms with Gasteiger partial charge in [0.2, 0.25) is 10.0 Å². The first-order valence-electron chi connectivity index (χ1n) is 7.90. The summed E-state index contributed by atoms with van der Waals surface area (Å²) in [5.74, 6) is 0.566. The molecule has 3 aliphatic rings. The lowest BCUT2D eigenvalue weighted by Crippen LogP contribution is -2.42. The number of hydrogen-bond donors (Lipinski definition) is 0. The molecule has 1 saturated heterocycles. The number of carbonyl (C=O) groups is 1. The highest BCUT2D eigenvalue weighted by atomic mass is 32.2. The predicted molar refractivity (Wildman–Crippen MR) is 79.1 cm³/mol. The number of esters is 1. The third-order valence-electron chi connectivity index (χ3n) is 6.37. The second-order valence-electron chi connectivity index (χ2n) is 7.29. The van der Waals surface area contributed by atoms with E-state index in [1.54, 1.807) is 11.2 Å². The lowest BCUT2D eigenvalue weighted by molar-refractivity contribution is -0.143. The molecule has 1 spiro atoms. The first-order valence-corrected chi connectivity index (χ1v) is 9.50. The number of fused-ring (bicyclic) bond motifs is 1. The van der Waals surface area contributed by atoms with Gasteiger partial charge in [0, 0.05) is 18.0 Å². The van der Waals surface area contributed by atoms with Gasteiger partial charge >= 0.3 is 5.97 Å². The summed E-state index contributed by atoms with van der Waals surface area (Å²) in [4.78, 5) is 11.5. The Morgan fingerprint density at radius 2 is 2.10 bits per heavy atom. The van der Waals surface area contributed by atoms with Crippen molar-refractivity contribution in [3.05, 3.63) is 0 Å². The van der Waals surface area contributed by atoms with E-state index in [0.717, 1.165) is 19.3 Å². The number of nitrogens with zero attached hydrogens (tertiary/aromatic N) is 1. The summed E-state index contributed by atoms with van der Waals surface area (Å²) in [6.07, 6.45) is 3.26. The van der Waals surface area contributed by atoms with Gasteiger partial charge in [0.15, 0.2) is 0 Å². The van der Waals surface area contributed by atoms with E-state index in [2.05, 4.69) is 13.8 Å². The minimum atomic E-state index is -3.25. The van der Waals surface area contributed by atoms with E-state index < -0.39 is 10.0 Å². The van der Waals surface area contributed by atoms with Gasteiger partial charge in [-0.25, -0.2) is 8.42 Å². The fourth-order valence-electron chi connectivity index (χ4n) is 5.10. The summed E-state index contributed by atoms with van der Waals surface area (Å²) in [5, 5.41) is 0. The first kappa shape index (κ1) is 15.3. The molecule has 2 bridgehead atoms. The van der Waals surface area contributed by atoms with Crippen LogP contribution in [0.4, 0.5) is 0 Å². The second kappa shape index (κ2) is 4.69. The number of ether oxygens (including phenoxy) is 1. The molecule has 2 saturated carbocycles. The van der Waals surface area contributed by atoms with Gasteiger partial charge in [-0.2, -0.15) is 4.31 Å². The molecule has 120 valence electrons. The number of hydrogen-bond acceptors (Lipinski definition) is 4. The van der Waals surface area contributed by atoms with Crippen molar-refractivity contribution in [3.63, 3.8) is 0 Å². The summed E-state index contributed by atoms with van der Waals surface area (Å²) < 4.78 is 31.7. The fraction of sp³-hybridized carbons (Fsp3) is 0.933. The Labute approximate surface area is 127 Å². The van der Waals surface area contributed by atoms with Crippen molar-refractivity contribution in [2.45, 2.75) is 52.5 Å². The molecular weight excluding hydrogens is 290 g/mol. The molecule has 0 aromatic heterocycles. The predicted octanol–water partition coefficient (Wildman–Crippen LogP) is 1.78. The van der Waals surface area contributed by atoms with E-state index in [4.69, 9.17) is 4.74 Å². The van der Waals surface area contributed by atoms with Crippen LogP contribution >= 0.6 is 0 Å². The summed E-state index contributed by atoms with van der Waals surface area (Å²) in [5.41, 5.74) is -0.0193. The van der Waals surface area contributed by atoms with Gasteiger partial charge in [0.25, 0.3) is 0 Å². The highest BCUT2D eigenvalue weighted by molar-refractivity contribution is 7.89. The van der Waals surface area contributed by atoms with Gasteiger partial charge in [-0.1, -0.05) is 13.8 Å². The van der Waals surface area contributed by atoms with Gasteiger partial charge in [-0.3, -0.25) is 4.79 Å². The molecule has 1 aliphatic heterocycles. The standard InChI is InChI=1S/C15H25NO4S/c1-4-20-13(17)6-8-16-12-9-11-5-7-15(12,14(11,2)3)10-21(16,18)19/h11-12H,4-10H2,1-3H3/t11-,12+,15-/m1/s1. The molecule has 3 rings (SSSR count). The van der Waals surface area contributed by atoms with Crippen LogP contribution in [0.5, 0.6) is 0 Å². The molecule has 21 heavy (non-hydrogen) atoms. The highest BCUT2D eigenvalue weighted by Gasteiger charge is 2.71. The largest absolute Gasteiger partial charge is 0.466 e. The van der Waals surface area contributed by atoms with Crippen LogP contribution in [0.25, 0.3) is 0 Å². The molecule has 0 amide bonds. The SMILES string of the molecule is CCOC(=O)CCN1[C@H]2C[C@H]3CC[C@]2(CS1(=O)=O)C3(C)C. The van der Waals surface area contributed by atoms with E-state index in [1.807, 2.05) is 0 Å². The van der Waals surface area contributed by atoms with Crippen molar-refractivity contribution in [1.82, 2.24) is 4.31 Å². The Morgan fingerprint density at radius 3 is 2.71 bits per heavy atom. The molecule has 0 N–H and O–H groups in total. The Morgan fingerprint density at radius 1 is 1.38 bits per heavy atom. The molecule has 3 fully saturated rings. The van der Waals surface area contributed by atoms with E-state index in [9.17, 15) is 13.2 Å². The average molecular weight is 315 g/mol. The summed E-state index contributed by atoms with van der Waals surface area (Å²) >= 11 is 0. The Hall–Kier alpha value is -0.620. The van der Waals surface area contributed by atoms with Crippen molar-refractivity contribution in [1.29, 1.82) is 0 Å². The molecule has 0 aromatic rings. The normalized spacial score (nSPS) is 39.4. The van der Waals surface area contributed by atoms with Crippen molar-refractivity contribution >= 4 is 16.0 Å². The highest BCUT2D eigenvalue weighted by Crippen LogP contribution is 2.69. The van der Waals surface area contributed by atoms with Crippen LogP contribution in [0.1, 0.15) is 46.5 Å². The lowest BCUT2D eigenvalue weighted by atomic mass is 9.69. The summed E-state index contributed by atoms with van der Waals surface area (Å²) in [6.45, 7) is 6.84. The summed E-state index contributed by atoms with van der Waals surface area (Å²) in [7, 11) is -3.25. The summed E-state index contributed by atoms with van der Waals surface area (Å²) in [6, 6.07) is 0.0886. The zero-order valence-corrected chi connectivity index (χ0v) is 13.9. The minimum Gasteiger partial charge on any atom is -0.466 e. The molecule has 3 atom stereocenters. The van der Waals surface area contributed by atoms with Crippen LogP contribution in [0, 0.1) is 16.7 Å². The molecule has 5 nitrogen and oxygen atoms in total. The topological polar surface area (TPSA) is 63.7 Å². The molecule has 0 aromatic carbocycles. The molecule has 2 aliphatic carbocycles. The van der Waals surface area contributed by atoms with Gasteiger partial charge < -0.3 is 4.74 Å². The maximum atomic E-state index is 12.6. The smallest absolute Gasteiger partial charge is 0.307 e. The van der Waals surface area contributed by atoms with Crippen LogP contribution in [0.3, 0.4) is 0 Å². The van der Waals surface area contributed by atoms with Gasteiger partial charge in [0.1, 0.15) is 0 Å². The van der Waals surface area contributed by atoms with E-state index >= 15 is 0 Å². The monoisotopic (exact) mass is 315 g/mol. The Balaban J connectivity index is 1.82. The number of sulfonamides is 1. The van der Waals surface area contributed by atoms with Crippen molar-refractivity contribution in [2.24, 2.45) is 16.7 Å².